The quantitative estimate of drug-likeness (QED) is 0.357. The molecule has 0 unspecified atom stereocenters. The maximum Gasteiger partial charge on any atom is 0.323 e. The molecule has 184 valence electrons. The largest absolute Gasteiger partial charge is 0.378 e. The van der Waals surface area contributed by atoms with Crippen molar-refractivity contribution in [3.63, 3.8) is 0 Å². The number of rotatable bonds is 5. The number of ether oxygens (including phenoxy) is 1. The summed E-state index contributed by atoms with van der Waals surface area (Å²) in [5.41, 5.74) is 9.35. The van der Waals surface area contributed by atoms with E-state index in [4.69, 9.17) is 15.5 Å². The SMILES string of the molecule is Cc1cccc(NC(=O)Nc2cc(-c3sc(N4CCOCC4)nc3-c3ccnc(N)n3)ccc2F)c1. The number of carbonyl (C=O) groups excluding carboxylic acids is 1. The molecule has 11 heteroatoms. The molecule has 2 aromatic heterocycles. The van der Waals surface area contributed by atoms with Crippen molar-refractivity contribution in [2.75, 3.05) is 47.6 Å². The number of nitrogens with one attached hydrogen (secondary N) is 2. The summed E-state index contributed by atoms with van der Waals surface area (Å²) in [6.07, 6.45) is 1.57. The molecule has 2 amide bonds. The highest BCUT2D eigenvalue weighted by molar-refractivity contribution is 7.19. The minimum atomic E-state index is -0.552. The van der Waals surface area contributed by atoms with Gasteiger partial charge in [-0.3, -0.25) is 0 Å². The summed E-state index contributed by atoms with van der Waals surface area (Å²) < 4.78 is 20.2. The standard InChI is InChI=1S/C25H24FN7O2S/c1-15-3-2-4-17(13-15)29-24(34)31-20-14-16(5-6-18(20)26)22-21(19-7-8-28-23(27)30-19)32-25(36-22)33-9-11-35-12-10-33/h2-8,13-14H,9-12H2,1H3,(H2,27,28,30)(H2,29,31,34). The monoisotopic (exact) mass is 505 g/mol. The molecule has 0 radical (unpaired) electrons. The van der Waals surface area contributed by atoms with E-state index in [-0.39, 0.29) is 11.6 Å². The predicted molar refractivity (Wildman–Crippen MR) is 140 cm³/mol. The van der Waals surface area contributed by atoms with Crippen LogP contribution in [-0.4, -0.2) is 47.3 Å². The van der Waals surface area contributed by atoms with Crippen molar-refractivity contribution in [2.24, 2.45) is 0 Å². The van der Waals surface area contributed by atoms with Crippen LogP contribution in [0.4, 0.5) is 31.6 Å². The molecule has 0 spiro atoms. The van der Waals surface area contributed by atoms with E-state index in [0.29, 0.717) is 48.9 Å². The van der Waals surface area contributed by atoms with Crippen LogP contribution in [0.5, 0.6) is 0 Å². The molecule has 4 aromatic rings. The maximum absolute atomic E-state index is 14.7. The maximum atomic E-state index is 14.7. The van der Waals surface area contributed by atoms with Crippen molar-refractivity contribution in [3.05, 3.63) is 66.1 Å². The second kappa shape index (κ2) is 10.3. The van der Waals surface area contributed by atoms with Gasteiger partial charge >= 0.3 is 6.03 Å². The Kier molecular flexibility index (Phi) is 6.74. The Hall–Kier alpha value is -4.09. The molecular weight excluding hydrogens is 481 g/mol. The molecule has 5 rings (SSSR count). The van der Waals surface area contributed by atoms with Crippen LogP contribution in [0, 0.1) is 12.7 Å². The first-order valence-corrected chi connectivity index (χ1v) is 12.1. The average molecular weight is 506 g/mol. The number of urea groups is 1. The number of thiazole rings is 1. The molecule has 1 saturated heterocycles. The summed E-state index contributed by atoms with van der Waals surface area (Å²) in [5.74, 6) is -0.419. The zero-order chi connectivity index (χ0) is 25.1. The Morgan fingerprint density at radius 2 is 1.94 bits per heavy atom. The lowest BCUT2D eigenvalue weighted by atomic mass is 10.1. The lowest BCUT2D eigenvalue weighted by molar-refractivity contribution is 0.122. The van der Waals surface area contributed by atoms with Crippen LogP contribution in [-0.2, 0) is 4.74 Å². The predicted octanol–water partition coefficient (Wildman–Crippen LogP) is 4.78. The van der Waals surface area contributed by atoms with E-state index in [1.54, 1.807) is 30.5 Å². The molecule has 0 atom stereocenters. The van der Waals surface area contributed by atoms with Crippen LogP contribution in [0.25, 0.3) is 21.8 Å². The molecular formula is C25H24FN7O2S. The molecule has 2 aromatic carbocycles. The number of hydrogen-bond donors (Lipinski definition) is 3. The number of hydrogen-bond acceptors (Lipinski definition) is 8. The van der Waals surface area contributed by atoms with Crippen LogP contribution in [0.3, 0.4) is 0 Å². The number of carbonyl (C=O) groups is 1. The smallest absolute Gasteiger partial charge is 0.323 e. The molecule has 1 fully saturated rings. The van der Waals surface area contributed by atoms with Crippen molar-refractivity contribution < 1.29 is 13.9 Å². The summed E-state index contributed by atoms with van der Waals surface area (Å²) >= 11 is 1.46. The second-order valence-corrected chi connectivity index (χ2v) is 9.19. The molecule has 3 heterocycles. The van der Waals surface area contributed by atoms with E-state index in [0.717, 1.165) is 15.6 Å². The number of aryl methyl sites for hydroxylation is 1. The van der Waals surface area contributed by atoms with Gasteiger partial charge in [0.25, 0.3) is 0 Å². The van der Waals surface area contributed by atoms with Crippen molar-refractivity contribution >= 4 is 39.8 Å². The Morgan fingerprint density at radius 1 is 1.11 bits per heavy atom. The van der Waals surface area contributed by atoms with Gasteiger partial charge in [0.2, 0.25) is 5.95 Å². The fourth-order valence-corrected chi connectivity index (χ4v) is 4.97. The minimum Gasteiger partial charge on any atom is -0.378 e. The highest BCUT2D eigenvalue weighted by atomic mass is 32.1. The number of morpholine rings is 1. The molecule has 0 bridgehead atoms. The average Bonchev–Trinajstić information content (AvgIpc) is 3.32. The van der Waals surface area contributed by atoms with E-state index in [1.807, 2.05) is 25.1 Å². The van der Waals surface area contributed by atoms with Crippen molar-refractivity contribution in [1.82, 2.24) is 15.0 Å². The molecule has 1 aliphatic rings. The number of benzene rings is 2. The third-order valence-electron chi connectivity index (χ3n) is 5.57. The van der Waals surface area contributed by atoms with Gasteiger partial charge in [-0.2, -0.15) is 0 Å². The zero-order valence-electron chi connectivity index (χ0n) is 19.5. The summed E-state index contributed by atoms with van der Waals surface area (Å²) in [4.78, 5) is 28.7. The highest BCUT2D eigenvalue weighted by Crippen LogP contribution is 2.41. The third kappa shape index (κ3) is 5.26. The van der Waals surface area contributed by atoms with E-state index in [9.17, 15) is 9.18 Å². The lowest BCUT2D eigenvalue weighted by Crippen LogP contribution is -2.36. The Balaban J connectivity index is 1.48. The fraction of sp³-hybridized carbons (Fsp3) is 0.200. The van der Waals surface area contributed by atoms with Crippen molar-refractivity contribution in [2.45, 2.75) is 6.92 Å². The van der Waals surface area contributed by atoms with Crippen LogP contribution in [0.1, 0.15) is 5.56 Å². The van der Waals surface area contributed by atoms with Gasteiger partial charge in [-0.25, -0.2) is 24.1 Å². The molecule has 9 nitrogen and oxygen atoms in total. The molecule has 4 N–H and O–H groups in total. The fourth-order valence-electron chi connectivity index (χ4n) is 3.84. The molecule has 0 saturated carbocycles. The van der Waals surface area contributed by atoms with E-state index in [2.05, 4.69) is 25.5 Å². The number of anilines is 4. The normalized spacial score (nSPS) is 13.4. The summed E-state index contributed by atoms with van der Waals surface area (Å²) in [5, 5.41) is 6.15. The number of nitrogens with two attached hydrogens (primary N) is 1. The van der Waals surface area contributed by atoms with Gasteiger partial charge in [0.05, 0.1) is 29.5 Å². The van der Waals surface area contributed by atoms with Crippen LogP contribution in [0.2, 0.25) is 0 Å². The van der Waals surface area contributed by atoms with Crippen LogP contribution < -0.4 is 21.3 Å². The zero-order valence-corrected chi connectivity index (χ0v) is 20.3. The number of halogens is 1. The first-order valence-electron chi connectivity index (χ1n) is 11.3. The van der Waals surface area contributed by atoms with Gasteiger partial charge in [0.1, 0.15) is 11.5 Å². The molecule has 0 aliphatic carbocycles. The third-order valence-corrected chi connectivity index (χ3v) is 6.73. The van der Waals surface area contributed by atoms with Gasteiger partial charge in [-0.05, 0) is 48.4 Å². The topological polar surface area (TPSA) is 118 Å². The minimum absolute atomic E-state index is 0.0483. The van der Waals surface area contributed by atoms with Crippen molar-refractivity contribution in [3.8, 4) is 21.8 Å². The Labute approximate surface area is 211 Å². The molecule has 1 aliphatic heterocycles. The summed E-state index contributed by atoms with van der Waals surface area (Å²) in [7, 11) is 0. The first-order chi connectivity index (χ1) is 17.5. The number of aromatic nitrogens is 3. The van der Waals surface area contributed by atoms with Gasteiger partial charge in [-0.1, -0.05) is 29.5 Å². The Bertz CT molecular complexity index is 1400. The number of nitrogens with zero attached hydrogens (tertiary/aromatic N) is 4. The van der Waals surface area contributed by atoms with Gasteiger partial charge in [-0.15, -0.1) is 0 Å². The summed E-state index contributed by atoms with van der Waals surface area (Å²) in [6.45, 7) is 4.59. The first kappa shape index (κ1) is 23.6. The van der Waals surface area contributed by atoms with E-state index in [1.165, 1.54) is 17.4 Å². The van der Waals surface area contributed by atoms with E-state index < -0.39 is 11.8 Å². The van der Waals surface area contributed by atoms with Gasteiger partial charge in [0.15, 0.2) is 5.13 Å². The van der Waals surface area contributed by atoms with Gasteiger partial charge < -0.3 is 26.0 Å². The Morgan fingerprint density at radius 3 is 2.72 bits per heavy atom. The second-order valence-electron chi connectivity index (χ2n) is 8.22. The van der Waals surface area contributed by atoms with E-state index >= 15 is 0 Å². The number of nitrogen functional groups attached to an aromatic ring is 1. The lowest BCUT2D eigenvalue weighted by Gasteiger charge is -2.26. The van der Waals surface area contributed by atoms with Gasteiger partial charge in [0, 0.05) is 25.0 Å². The molecule has 36 heavy (non-hydrogen) atoms. The van der Waals surface area contributed by atoms with Crippen LogP contribution >= 0.6 is 11.3 Å². The van der Waals surface area contributed by atoms with Crippen LogP contribution in [0.15, 0.2) is 54.7 Å². The number of amides is 2. The highest BCUT2D eigenvalue weighted by Gasteiger charge is 2.22. The summed E-state index contributed by atoms with van der Waals surface area (Å²) in [6, 6.07) is 13.1. The van der Waals surface area contributed by atoms with Crippen molar-refractivity contribution in [1.29, 1.82) is 0 Å².